The first-order valence-corrected chi connectivity index (χ1v) is 26.4. The van der Waals surface area contributed by atoms with E-state index < -0.39 is 61.9 Å². The van der Waals surface area contributed by atoms with Crippen molar-refractivity contribution in [3.05, 3.63) is 95.1 Å². The molecule has 4 aromatic carbocycles. The summed E-state index contributed by atoms with van der Waals surface area (Å²) >= 11 is 0. The van der Waals surface area contributed by atoms with E-state index in [1.807, 2.05) is 0 Å². The fourth-order valence-electron chi connectivity index (χ4n) is 7.01. The summed E-state index contributed by atoms with van der Waals surface area (Å²) in [6.07, 6.45) is 2.24. The molecule has 2 heterocycles. The van der Waals surface area contributed by atoms with E-state index in [0.29, 0.717) is 0 Å². The molecule has 0 aliphatic carbocycles. The topological polar surface area (TPSA) is 303 Å². The molecule has 4 aromatic rings. The van der Waals surface area contributed by atoms with Crippen LogP contribution in [0.4, 0.5) is 22.7 Å². The molecular weight excluding hydrogens is 973 g/mol. The second kappa shape index (κ2) is 22.4. The number of nitrogens with zero attached hydrogens (tertiary/aromatic N) is 2. The van der Waals surface area contributed by atoms with Crippen molar-refractivity contribution in [3.63, 3.8) is 0 Å². The normalized spacial score (nSPS) is 15.5. The number of sulfonamides is 2. The van der Waals surface area contributed by atoms with E-state index in [4.69, 9.17) is 18.9 Å². The van der Waals surface area contributed by atoms with E-state index in [-0.39, 0.29) is 134 Å². The summed E-state index contributed by atoms with van der Waals surface area (Å²) in [5.74, 6) is -1.65. The van der Waals surface area contributed by atoms with Gasteiger partial charge in [-0.1, -0.05) is 24.3 Å². The molecule has 2 aliphatic heterocycles. The Hall–Kier alpha value is -5.36. The van der Waals surface area contributed by atoms with Gasteiger partial charge in [-0.15, -0.1) is 0 Å². The number of nitrogens with one attached hydrogen (secondary N) is 4. The largest absolute Gasteiger partial charge is 0.383 e. The molecule has 0 bridgehead atoms. The molecule has 0 unspecified atom stereocenters. The van der Waals surface area contributed by atoms with Gasteiger partial charge < -0.3 is 40.2 Å². The lowest BCUT2D eigenvalue weighted by Gasteiger charge is -2.27. The Morgan fingerprint density at radius 1 is 0.559 bits per heavy atom. The van der Waals surface area contributed by atoms with Crippen molar-refractivity contribution in [2.24, 2.45) is 0 Å². The number of rotatable bonds is 20. The van der Waals surface area contributed by atoms with Crippen LogP contribution in [0.3, 0.4) is 0 Å². The first-order valence-electron chi connectivity index (χ1n) is 20.7. The average Bonchev–Trinajstić information content (AvgIpc) is 3.31. The van der Waals surface area contributed by atoms with Gasteiger partial charge in [0.1, 0.15) is 19.6 Å². The van der Waals surface area contributed by atoms with Gasteiger partial charge in [0.15, 0.2) is 0 Å². The highest BCUT2D eigenvalue weighted by Gasteiger charge is 2.31. The second-order valence-corrected chi connectivity index (χ2v) is 21.6. The molecule has 0 saturated carbocycles. The van der Waals surface area contributed by atoms with Gasteiger partial charge >= 0.3 is 0 Å². The molecule has 2 aliphatic rings. The van der Waals surface area contributed by atoms with Crippen LogP contribution in [0.1, 0.15) is 31.8 Å². The van der Waals surface area contributed by atoms with Crippen molar-refractivity contribution in [1.29, 1.82) is 0 Å². The van der Waals surface area contributed by atoms with Crippen molar-refractivity contribution in [1.82, 2.24) is 8.61 Å². The zero-order chi connectivity index (χ0) is 49.3. The number of ether oxygens (including phenoxy) is 4. The van der Waals surface area contributed by atoms with Gasteiger partial charge in [-0.2, -0.15) is 25.4 Å². The number of carbonyl (C=O) groups excluding carboxylic acids is 2. The Kier molecular flexibility index (Phi) is 17.1. The monoisotopic (exact) mass is 1020 g/mol. The van der Waals surface area contributed by atoms with Crippen LogP contribution in [0.2, 0.25) is 0 Å². The zero-order valence-corrected chi connectivity index (χ0v) is 40.0. The predicted molar refractivity (Wildman–Crippen MR) is 250 cm³/mol. The summed E-state index contributed by atoms with van der Waals surface area (Å²) < 4.78 is 149. The van der Waals surface area contributed by atoms with Crippen LogP contribution in [0.25, 0.3) is 12.2 Å². The molecule has 22 nitrogen and oxygen atoms in total. The van der Waals surface area contributed by atoms with E-state index in [1.54, 1.807) is 0 Å². The Labute approximate surface area is 394 Å². The van der Waals surface area contributed by atoms with Crippen LogP contribution < -0.4 is 21.3 Å². The van der Waals surface area contributed by atoms with E-state index in [2.05, 4.69) is 21.3 Å². The average molecular weight is 1020 g/mol. The minimum absolute atomic E-state index is 0.0925. The molecular formula is C42H50N6O16S4. The quantitative estimate of drug-likeness (QED) is 0.0421. The SMILES string of the molecule is COCCNc1ccc(C(=O)Nc2ccc(C=Cc3ccc(NC(=O)c4ccc(NCCOC)c(S(=O)(=O)N5CCOCC5)c4)cc3S(=O)(=O)O)c(S(=O)(=O)O)c2)cc1S(=O)(=O)N1CCOCC1. The number of hydrogen-bond acceptors (Lipinski definition) is 16. The third-order valence-electron chi connectivity index (χ3n) is 10.4. The Morgan fingerprint density at radius 3 is 1.26 bits per heavy atom. The molecule has 368 valence electrons. The van der Waals surface area contributed by atoms with Crippen molar-refractivity contribution >= 4 is 87.0 Å². The molecule has 68 heavy (non-hydrogen) atoms. The number of morpholine rings is 2. The van der Waals surface area contributed by atoms with Crippen LogP contribution in [0.15, 0.2) is 92.4 Å². The Morgan fingerprint density at radius 2 is 0.926 bits per heavy atom. The minimum Gasteiger partial charge on any atom is -0.383 e. The Balaban J connectivity index is 1.24. The lowest BCUT2D eigenvalue weighted by Crippen LogP contribution is -2.41. The molecule has 0 spiro atoms. The van der Waals surface area contributed by atoms with Crippen molar-refractivity contribution in [3.8, 4) is 0 Å². The van der Waals surface area contributed by atoms with Crippen LogP contribution in [-0.4, -0.2) is 156 Å². The third-order valence-corrected chi connectivity index (χ3v) is 16.1. The first kappa shape index (κ1) is 52.0. The number of hydrogen-bond donors (Lipinski definition) is 6. The summed E-state index contributed by atoms with van der Waals surface area (Å²) in [5.41, 5.74) is -0.387. The van der Waals surface area contributed by atoms with Gasteiger partial charge in [-0.3, -0.25) is 18.7 Å². The van der Waals surface area contributed by atoms with E-state index >= 15 is 0 Å². The summed E-state index contributed by atoms with van der Waals surface area (Å²) in [4.78, 5) is 25.2. The molecule has 26 heteroatoms. The fraction of sp³-hybridized carbons (Fsp3) is 0.333. The summed E-state index contributed by atoms with van der Waals surface area (Å²) in [5, 5.41) is 11.0. The molecule has 0 aromatic heterocycles. The van der Waals surface area contributed by atoms with Crippen LogP contribution in [0, 0.1) is 0 Å². The first-order chi connectivity index (χ1) is 32.2. The molecule has 2 saturated heterocycles. The fourth-order valence-corrected chi connectivity index (χ4v) is 11.6. The van der Waals surface area contributed by atoms with Crippen molar-refractivity contribution in [2.75, 3.05) is 114 Å². The smallest absolute Gasteiger partial charge is 0.295 e. The highest BCUT2D eigenvalue weighted by molar-refractivity contribution is 7.89. The molecule has 0 radical (unpaired) electrons. The minimum atomic E-state index is -5.02. The van der Waals surface area contributed by atoms with Gasteiger partial charge in [-0.05, 0) is 71.8 Å². The van der Waals surface area contributed by atoms with Gasteiger partial charge in [0, 0.05) is 76.0 Å². The van der Waals surface area contributed by atoms with Gasteiger partial charge in [0.25, 0.3) is 32.1 Å². The van der Waals surface area contributed by atoms with Gasteiger partial charge in [-0.25, -0.2) is 16.8 Å². The predicted octanol–water partition coefficient (Wildman–Crippen LogP) is 3.01. The zero-order valence-electron chi connectivity index (χ0n) is 36.7. The molecule has 0 atom stereocenters. The number of amides is 2. The molecule has 6 rings (SSSR count). The maximum Gasteiger partial charge on any atom is 0.295 e. The van der Waals surface area contributed by atoms with Crippen LogP contribution in [-0.2, 0) is 59.2 Å². The maximum atomic E-state index is 13.7. The van der Waals surface area contributed by atoms with Crippen molar-refractivity contribution < 1.29 is 71.3 Å². The number of methoxy groups -OCH3 is 2. The maximum absolute atomic E-state index is 13.7. The number of benzene rings is 4. The molecule has 2 amide bonds. The standard InChI is InChI=1S/C42H50N6O16S4/c1-61-19-13-43-35-11-7-31(25-39(35)65(51,52)47-15-21-63-22-16-47)41(49)45-33-9-5-29(37(27-33)67(55,56)57)3-4-30-6-10-34(28-38(30)68(58,59)60)46-42(50)32-8-12-36(44-14-20-62-2)40(26-32)66(53,54)48-17-23-64-24-18-48/h3-12,25-28,43-44H,13-24H2,1-2H3,(H,45,49)(H,46,50)(H,55,56,57)(H,58,59,60). The number of carbonyl (C=O) groups is 2. The Bertz CT molecular complexity index is 2790. The van der Waals surface area contributed by atoms with E-state index in [9.17, 15) is 52.4 Å². The second-order valence-electron chi connectivity index (χ2n) is 15.0. The van der Waals surface area contributed by atoms with Crippen LogP contribution >= 0.6 is 0 Å². The number of anilines is 4. The summed E-state index contributed by atoms with van der Waals surface area (Å²) in [6, 6.07) is 14.7. The summed E-state index contributed by atoms with van der Waals surface area (Å²) in [7, 11) is -15.3. The van der Waals surface area contributed by atoms with Gasteiger partial charge in [0.2, 0.25) is 20.0 Å². The van der Waals surface area contributed by atoms with Crippen molar-refractivity contribution in [2.45, 2.75) is 19.6 Å². The molecule has 2 fully saturated rings. The summed E-state index contributed by atoms with van der Waals surface area (Å²) in [6.45, 7) is 2.13. The van der Waals surface area contributed by atoms with Gasteiger partial charge in [0.05, 0.1) is 51.0 Å². The van der Waals surface area contributed by atoms with Crippen LogP contribution in [0.5, 0.6) is 0 Å². The molecule has 6 N–H and O–H groups in total. The third kappa shape index (κ3) is 12.8. The van der Waals surface area contributed by atoms with E-state index in [0.717, 1.165) is 24.3 Å². The highest BCUT2D eigenvalue weighted by atomic mass is 32.2. The highest BCUT2D eigenvalue weighted by Crippen LogP contribution is 2.31. The lowest BCUT2D eigenvalue weighted by molar-refractivity contribution is 0.0730. The lowest BCUT2D eigenvalue weighted by atomic mass is 10.1. The van der Waals surface area contributed by atoms with E-state index in [1.165, 1.54) is 83.5 Å².